The van der Waals surface area contributed by atoms with Gasteiger partial charge in [0.05, 0.1) is 20.6 Å². The molecule has 0 fully saturated rings. The lowest BCUT2D eigenvalue weighted by molar-refractivity contribution is -0.138. The zero-order chi connectivity index (χ0) is 11.7. The Bertz CT molecular complexity index is 522. The monoisotopic (exact) mass is 301 g/mol. The Balaban J connectivity index is 2.29. The van der Waals surface area contributed by atoms with Crippen molar-refractivity contribution in [3.8, 4) is 10.6 Å². The maximum Gasteiger partial charge on any atom is 0.328 e. The summed E-state index contributed by atoms with van der Waals surface area (Å²) < 4.78 is 1.00. The first-order valence-corrected chi connectivity index (χ1v) is 5.98. The summed E-state index contributed by atoms with van der Waals surface area (Å²) in [6, 6.07) is 2.72. The van der Waals surface area contributed by atoms with Gasteiger partial charge < -0.3 is 15.8 Å². The number of halogens is 1. The number of nitrogens with two attached hydrogens (primary N) is 1. The number of aliphatic carboxylic acids is 1. The largest absolute Gasteiger partial charge is 0.480 e. The molecule has 1 unspecified atom stereocenters. The second-order valence-electron chi connectivity index (χ2n) is 3.10. The first-order valence-electron chi connectivity index (χ1n) is 4.37. The van der Waals surface area contributed by atoms with Gasteiger partial charge in [0.2, 0.25) is 0 Å². The minimum absolute atomic E-state index is 0.257. The van der Waals surface area contributed by atoms with Crippen LogP contribution in [0.3, 0.4) is 0 Å². The number of carboxylic acids is 1. The molecule has 0 radical (unpaired) electrons. The van der Waals surface area contributed by atoms with E-state index in [1.165, 1.54) is 11.3 Å². The Morgan fingerprint density at radius 1 is 1.62 bits per heavy atom. The molecule has 0 aliphatic heterocycles. The van der Waals surface area contributed by atoms with Crippen molar-refractivity contribution < 1.29 is 9.90 Å². The molecule has 0 aliphatic carbocycles. The fourth-order valence-electron chi connectivity index (χ4n) is 1.20. The number of aromatic amines is 1. The van der Waals surface area contributed by atoms with Crippen LogP contribution in [0.15, 0.2) is 22.1 Å². The van der Waals surface area contributed by atoms with Crippen LogP contribution in [0.1, 0.15) is 11.9 Å². The molecule has 84 valence electrons. The van der Waals surface area contributed by atoms with Gasteiger partial charge in [-0.3, -0.25) is 4.79 Å². The Labute approximate surface area is 103 Å². The number of thiophene rings is 1. The summed E-state index contributed by atoms with van der Waals surface area (Å²) in [5.74, 6) is -0.847. The van der Waals surface area contributed by atoms with Crippen LogP contribution in [-0.2, 0) is 4.79 Å². The highest BCUT2D eigenvalue weighted by atomic mass is 79.9. The molecule has 4 N–H and O–H groups in total. The number of carboxylic acid groups (broad SMARTS) is 1. The third kappa shape index (κ3) is 2.16. The van der Waals surface area contributed by atoms with Gasteiger partial charge in [0.15, 0.2) is 6.04 Å². The first-order chi connectivity index (χ1) is 7.58. The summed E-state index contributed by atoms with van der Waals surface area (Å²) in [4.78, 5) is 18.5. The molecule has 16 heavy (non-hydrogen) atoms. The van der Waals surface area contributed by atoms with Gasteiger partial charge in [-0.1, -0.05) is 0 Å². The molecule has 2 aromatic heterocycles. The highest BCUT2D eigenvalue weighted by Crippen LogP contribution is 2.30. The van der Waals surface area contributed by atoms with Crippen molar-refractivity contribution in [3.63, 3.8) is 0 Å². The van der Waals surface area contributed by atoms with Crippen molar-refractivity contribution in [1.82, 2.24) is 9.97 Å². The molecule has 0 saturated carbocycles. The van der Waals surface area contributed by atoms with E-state index in [4.69, 9.17) is 10.8 Å². The first kappa shape index (κ1) is 11.3. The van der Waals surface area contributed by atoms with Crippen LogP contribution in [-0.4, -0.2) is 21.0 Å². The van der Waals surface area contributed by atoms with E-state index in [1.54, 1.807) is 6.20 Å². The van der Waals surface area contributed by atoms with E-state index >= 15 is 0 Å². The minimum atomic E-state index is -1.11. The summed E-state index contributed by atoms with van der Waals surface area (Å²) in [7, 11) is 0. The molecule has 2 rings (SSSR count). The van der Waals surface area contributed by atoms with E-state index in [0.29, 0.717) is 0 Å². The molecule has 1 atom stereocenters. The van der Waals surface area contributed by atoms with Crippen LogP contribution >= 0.6 is 27.3 Å². The minimum Gasteiger partial charge on any atom is -0.480 e. The number of H-pyrrole nitrogens is 1. The molecule has 7 heteroatoms. The fraction of sp³-hybridized carbons (Fsp3) is 0.111. The lowest BCUT2D eigenvalue weighted by Gasteiger charge is -2.00. The quantitative estimate of drug-likeness (QED) is 0.808. The van der Waals surface area contributed by atoms with E-state index in [2.05, 4.69) is 25.9 Å². The summed E-state index contributed by atoms with van der Waals surface area (Å²) >= 11 is 4.89. The Kier molecular flexibility index (Phi) is 3.08. The predicted octanol–water partition coefficient (Wildman–Crippen LogP) is 1.99. The van der Waals surface area contributed by atoms with Crippen molar-refractivity contribution >= 4 is 33.2 Å². The molecule has 5 nitrogen and oxygen atoms in total. The Morgan fingerprint density at radius 3 is 2.94 bits per heavy atom. The van der Waals surface area contributed by atoms with Crippen LogP contribution in [0.25, 0.3) is 10.6 Å². The number of hydrogen-bond donors (Lipinski definition) is 3. The highest BCUT2D eigenvalue weighted by molar-refractivity contribution is 9.11. The highest BCUT2D eigenvalue weighted by Gasteiger charge is 2.18. The van der Waals surface area contributed by atoms with Gasteiger partial charge in [0.1, 0.15) is 5.82 Å². The van der Waals surface area contributed by atoms with Crippen molar-refractivity contribution in [1.29, 1.82) is 0 Å². The van der Waals surface area contributed by atoms with E-state index in [-0.39, 0.29) is 5.82 Å². The summed E-state index contributed by atoms with van der Waals surface area (Å²) in [6.45, 7) is 0. The number of nitrogens with one attached hydrogen (secondary N) is 1. The number of imidazole rings is 1. The maximum atomic E-state index is 10.7. The lowest BCUT2D eigenvalue weighted by atomic mass is 10.3. The second kappa shape index (κ2) is 4.36. The molecular weight excluding hydrogens is 294 g/mol. The summed E-state index contributed by atoms with van der Waals surface area (Å²) in [6.07, 6.45) is 1.58. The van der Waals surface area contributed by atoms with Gasteiger partial charge in [0.25, 0.3) is 0 Å². The summed E-state index contributed by atoms with van der Waals surface area (Å²) in [5, 5.41) is 8.73. The molecule has 0 bridgehead atoms. The Hall–Kier alpha value is -1.18. The SMILES string of the molecule is NC(C(=O)O)c1ncc(-c2ccc(Br)s2)[nH]1. The number of rotatable bonds is 3. The van der Waals surface area contributed by atoms with Gasteiger partial charge in [-0.25, -0.2) is 4.98 Å². The van der Waals surface area contributed by atoms with E-state index in [0.717, 1.165) is 14.4 Å². The van der Waals surface area contributed by atoms with Crippen LogP contribution in [0.4, 0.5) is 0 Å². The van der Waals surface area contributed by atoms with E-state index in [9.17, 15) is 4.79 Å². The second-order valence-corrected chi connectivity index (χ2v) is 5.56. The van der Waals surface area contributed by atoms with Crippen molar-refractivity contribution in [2.24, 2.45) is 5.73 Å². The van der Waals surface area contributed by atoms with Crippen molar-refractivity contribution in [2.45, 2.75) is 6.04 Å². The molecule has 2 heterocycles. The average molecular weight is 302 g/mol. The third-order valence-corrected chi connectivity index (χ3v) is 3.65. The van der Waals surface area contributed by atoms with E-state index in [1.807, 2.05) is 12.1 Å². The van der Waals surface area contributed by atoms with Gasteiger partial charge >= 0.3 is 5.97 Å². The average Bonchev–Trinajstić information content (AvgIpc) is 2.84. The van der Waals surface area contributed by atoms with Crippen LogP contribution in [0.5, 0.6) is 0 Å². The Morgan fingerprint density at radius 2 is 2.38 bits per heavy atom. The number of aromatic nitrogens is 2. The van der Waals surface area contributed by atoms with Crippen LogP contribution < -0.4 is 5.73 Å². The van der Waals surface area contributed by atoms with Gasteiger partial charge in [-0.05, 0) is 28.1 Å². The normalized spacial score (nSPS) is 12.6. The smallest absolute Gasteiger partial charge is 0.328 e. The van der Waals surface area contributed by atoms with Gasteiger partial charge in [-0.15, -0.1) is 11.3 Å². The van der Waals surface area contributed by atoms with E-state index < -0.39 is 12.0 Å². The van der Waals surface area contributed by atoms with Gasteiger partial charge in [0, 0.05) is 0 Å². The maximum absolute atomic E-state index is 10.7. The zero-order valence-corrected chi connectivity index (χ0v) is 10.4. The molecule has 0 saturated heterocycles. The molecule has 0 aliphatic rings. The predicted molar refractivity (Wildman–Crippen MR) is 64.2 cm³/mol. The topological polar surface area (TPSA) is 92.0 Å². The fourth-order valence-corrected chi connectivity index (χ4v) is 2.55. The van der Waals surface area contributed by atoms with Crippen molar-refractivity contribution in [2.75, 3.05) is 0 Å². The third-order valence-electron chi connectivity index (χ3n) is 1.99. The molecule has 0 aromatic carbocycles. The standard InChI is InChI=1S/C9H8BrN3O2S/c10-6-2-1-5(16-6)4-3-12-8(13-4)7(11)9(14)15/h1-3,7H,11H2,(H,12,13)(H,14,15). The molecule has 0 amide bonds. The van der Waals surface area contributed by atoms with Gasteiger partial charge in [-0.2, -0.15) is 0 Å². The van der Waals surface area contributed by atoms with Crippen LogP contribution in [0, 0.1) is 0 Å². The number of carbonyl (C=O) groups is 1. The lowest BCUT2D eigenvalue weighted by Crippen LogP contribution is -2.21. The molecule has 2 aromatic rings. The molecule has 0 spiro atoms. The summed E-state index contributed by atoms with van der Waals surface area (Å²) in [5.41, 5.74) is 6.20. The molecular formula is C9H8BrN3O2S. The van der Waals surface area contributed by atoms with Crippen LogP contribution in [0.2, 0.25) is 0 Å². The number of hydrogen-bond acceptors (Lipinski definition) is 4. The van der Waals surface area contributed by atoms with Crippen molar-refractivity contribution in [3.05, 3.63) is 27.9 Å². The number of nitrogens with zero attached hydrogens (tertiary/aromatic N) is 1. The zero-order valence-electron chi connectivity index (χ0n) is 7.98.